The summed E-state index contributed by atoms with van der Waals surface area (Å²) in [6.45, 7) is 2.95. The van der Waals surface area contributed by atoms with E-state index in [0.29, 0.717) is 25.9 Å². The molecule has 1 aromatic carbocycles. The van der Waals surface area contributed by atoms with Gasteiger partial charge in [-0.05, 0) is 37.5 Å². The van der Waals surface area contributed by atoms with Gasteiger partial charge >= 0.3 is 0 Å². The molecule has 1 atom stereocenters. The number of likely N-dealkylation sites (tertiary alicyclic amines) is 1. The fourth-order valence-corrected chi connectivity index (χ4v) is 3.20. The Balaban J connectivity index is 1.58. The zero-order valence-electron chi connectivity index (χ0n) is 14.4. The van der Waals surface area contributed by atoms with Crippen LogP contribution in [0.25, 0.3) is 0 Å². The van der Waals surface area contributed by atoms with E-state index in [1.54, 1.807) is 4.90 Å². The molecule has 130 valence electrons. The van der Waals surface area contributed by atoms with Gasteiger partial charge in [0.25, 0.3) is 0 Å². The fraction of sp³-hybridized carbons (Fsp3) is 0.350. The van der Waals surface area contributed by atoms with Gasteiger partial charge in [-0.15, -0.1) is 0 Å². The van der Waals surface area contributed by atoms with Gasteiger partial charge in [-0.1, -0.05) is 36.4 Å². The molecule has 1 N–H and O–H groups in total. The number of amides is 2. The van der Waals surface area contributed by atoms with Gasteiger partial charge in [0.15, 0.2) is 0 Å². The van der Waals surface area contributed by atoms with Crippen molar-refractivity contribution in [2.24, 2.45) is 0 Å². The molecule has 1 unspecified atom stereocenters. The summed E-state index contributed by atoms with van der Waals surface area (Å²) in [7, 11) is 0. The number of rotatable bonds is 5. The van der Waals surface area contributed by atoms with Crippen LogP contribution in [-0.2, 0) is 22.6 Å². The van der Waals surface area contributed by atoms with Gasteiger partial charge in [-0.3, -0.25) is 14.6 Å². The number of aromatic nitrogens is 1. The molecule has 0 bridgehead atoms. The van der Waals surface area contributed by atoms with Crippen LogP contribution in [0.15, 0.2) is 48.5 Å². The maximum Gasteiger partial charge on any atom is 0.243 e. The Morgan fingerprint density at radius 2 is 1.96 bits per heavy atom. The second kappa shape index (κ2) is 7.92. The molecular formula is C20H23N3O2. The summed E-state index contributed by atoms with van der Waals surface area (Å²) in [6, 6.07) is 15.0. The molecular weight excluding hydrogens is 314 g/mol. The van der Waals surface area contributed by atoms with Gasteiger partial charge in [0.2, 0.25) is 11.8 Å². The lowest BCUT2D eigenvalue weighted by Gasteiger charge is -2.24. The van der Waals surface area contributed by atoms with Gasteiger partial charge in [0.05, 0.1) is 18.7 Å². The summed E-state index contributed by atoms with van der Waals surface area (Å²) >= 11 is 0. The van der Waals surface area contributed by atoms with Crippen molar-refractivity contribution in [3.05, 3.63) is 65.5 Å². The SMILES string of the molecule is Cc1cccc(CNC(=O)C2CCCN2C(=O)Cc2ccccc2)n1. The first-order valence-corrected chi connectivity index (χ1v) is 8.67. The van der Waals surface area contributed by atoms with Crippen LogP contribution in [0.3, 0.4) is 0 Å². The first-order chi connectivity index (χ1) is 12.1. The number of aryl methyl sites for hydroxylation is 1. The van der Waals surface area contributed by atoms with E-state index in [4.69, 9.17) is 0 Å². The molecule has 0 spiro atoms. The highest BCUT2D eigenvalue weighted by Crippen LogP contribution is 2.19. The molecule has 2 aromatic rings. The predicted molar refractivity (Wildman–Crippen MR) is 95.7 cm³/mol. The molecule has 2 amide bonds. The minimum absolute atomic E-state index is 0.0116. The largest absolute Gasteiger partial charge is 0.349 e. The molecule has 5 nitrogen and oxygen atoms in total. The zero-order chi connectivity index (χ0) is 17.6. The van der Waals surface area contributed by atoms with Crippen molar-refractivity contribution in [1.29, 1.82) is 0 Å². The lowest BCUT2D eigenvalue weighted by Crippen LogP contribution is -2.46. The average Bonchev–Trinajstić information content (AvgIpc) is 3.11. The Morgan fingerprint density at radius 3 is 2.72 bits per heavy atom. The number of hydrogen-bond acceptors (Lipinski definition) is 3. The molecule has 0 radical (unpaired) electrons. The Hall–Kier alpha value is -2.69. The quantitative estimate of drug-likeness (QED) is 0.910. The molecule has 0 aliphatic carbocycles. The van der Waals surface area contributed by atoms with Gasteiger partial charge < -0.3 is 10.2 Å². The van der Waals surface area contributed by atoms with Crippen molar-refractivity contribution < 1.29 is 9.59 Å². The van der Waals surface area contributed by atoms with Crippen LogP contribution in [-0.4, -0.2) is 34.3 Å². The minimum atomic E-state index is -0.374. The van der Waals surface area contributed by atoms with E-state index in [0.717, 1.165) is 23.4 Å². The number of nitrogens with zero attached hydrogens (tertiary/aromatic N) is 2. The second-order valence-electron chi connectivity index (χ2n) is 6.40. The Bertz CT molecular complexity index is 746. The van der Waals surface area contributed by atoms with Crippen LogP contribution in [0.1, 0.15) is 29.8 Å². The average molecular weight is 337 g/mol. The Kier molecular flexibility index (Phi) is 5.43. The van der Waals surface area contributed by atoms with Crippen molar-refractivity contribution >= 4 is 11.8 Å². The highest BCUT2D eigenvalue weighted by molar-refractivity contribution is 5.89. The standard InChI is InChI=1S/C20H23N3O2/c1-15-7-5-10-17(22-15)14-21-20(25)18-11-6-12-23(18)19(24)13-16-8-3-2-4-9-16/h2-5,7-10,18H,6,11-14H2,1H3,(H,21,25). The lowest BCUT2D eigenvalue weighted by atomic mass is 10.1. The third-order valence-electron chi connectivity index (χ3n) is 4.46. The second-order valence-corrected chi connectivity index (χ2v) is 6.40. The molecule has 25 heavy (non-hydrogen) atoms. The molecule has 1 fully saturated rings. The van der Waals surface area contributed by atoms with Gasteiger partial charge in [0, 0.05) is 12.2 Å². The first kappa shape index (κ1) is 17.1. The number of carbonyl (C=O) groups is 2. The third-order valence-corrected chi connectivity index (χ3v) is 4.46. The Labute approximate surface area is 148 Å². The molecule has 1 aliphatic rings. The van der Waals surface area contributed by atoms with Crippen molar-refractivity contribution in [3.8, 4) is 0 Å². The minimum Gasteiger partial charge on any atom is -0.349 e. The van der Waals surface area contributed by atoms with Crippen molar-refractivity contribution in [1.82, 2.24) is 15.2 Å². The van der Waals surface area contributed by atoms with Crippen LogP contribution in [0.4, 0.5) is 0 Å². The zero-order valence-corrected chi connectivity index (χ0v) is 14.4. The van der Waals surface area contributed by atoms with Crippen LogP contribution in [0.2, 0.25) is 0 Å². The highest BCUT2D eigenvalue weighted by Gasteiger charge is 2.33. The first-order valence-electron chi connectivity index (χ1n) is 8.67. The summed E-state index contributed by atoms with van der Waals surface area (Å²) in [6.07, 6.45) is 1.92. The van der Waals surface area contributed by atoms with Crippen LogP contribution < -0.4 is 5.32 Å². The van der Waals surface area contributed by atoms with Crippen molar-refractivity contribution in [2.75, 3.05) is 6.54 Å². The molecule has 1 aliphatic heterocycles. The number of pyridine rings is 1. The Morgan fingerprint density at radius 1 is 1.16 bits per heavy atom. The summed E-state index contributed by atoms with van der Waals surface area (Å²) < 4.78 is 0. The smallest absolute Gasteiger partial charge is 0.243 e. The number of nitrogens with one attached hydrogen (secondary N) is 1. The summed E-state index contributed by atoms with van der Waals surface area (Å²) in [5, 5.41) is 2.92. The van der Waals surface area contributed by atoms with E-state index in [2.05, 4.69) is 10.3 Å². The topological polar surface area (TPSA) is 62.3 Å². The van der Waals surface area contributed by atoms with Crippen LogP contribution in [0.5, 0.6) is 0 Å². The number of carbonyl (C=O) groups excluding carboxylic acids is 2. The predicted octanol–water partition coefficient (Wildman–Crippen LogP) is 2.24. The van der Waals surface area contributed by atoms with Crippen LogP contribution in [0, 0.1) is 6.92 Å². The maximum atomic E-state index is 12.6. The van der Waals surface area contributed by atoms with E-state index in [1.807, 2.05) is 55.5 Å². The monoisotopic (exact) mass is 337 g/mol. The van der Waals surface area contributed by atoms with E-state index in [-0.39, 0.29) is 17.9 Å². The van der Waals surface area contributed by atoms with Gasteiger partial charge in [-0.25, -0.2) is 0 Å². The molecule has 1 saturated heterocycles. The normalized spacial score (nSPS) is 16.7. The summed E-state index contributed by atoms with van der Waals surface area (Å²) in [5.41, 5.74) is 2.73. The number of hydrogen-bond donors (Lipinski definition) is 1. The van der Waals surface area contributed by atoms with Gasteiger partial charge in [0.1, 0.15) is 6.04 Å². The maximum absolute atomic E-state index is 12.6. The molecule has 0 saturated carbocycles. The van der Waals surface area contributed by atoms with Gasteiger partial charge in [-0.2, -0.15) is 0 Å². The van der Waals surface area contributed by atoms with E-state index in [9.17, 15) is 9.59 Å². The molecule has 5 heteroatoms. The number of benzene rings is 1. The molecule has 3 rings (SSSR count). The third kappa shape index (κ3) is 4.44. The molecule has 2 heterocycles. The van der Waals surface area contributed by atoms with E-state index in [1.165, 1.54) is 0 Å². The summed E-state index contributed by atoms with van der Waals surface area (Å²) in [4.78, 5) is 31.2. The summed E-state index contributed by atoms with van der Waals surface area (Å²) in [5.74, 6) is -0.0836. The van der Waals surface area contributed by atoms with Crippen molar-refractivity contribution in [3.63, 3.8) is 0 Å². The highest BCUT2D eigenvalue weighted by atomic mass is 16.2. The lowest BCUT2D eigenvalue weighted by molar-refractivity contribution is -0.138. The van der Waals surface area contributed by atoms with E-state index < -0.39 is 0 Å². The van der Waals surface area contributed by atoms with E-state index >= 15 is 0 Å². The van der Waals surface area contributed by atoms with Crippen molar-refractivity contribution in [2.45, 2.75) is 38.8 Å². The van der Waals surface area contributed by atoms with Crippen LogP contribution >= 0.6 is 0 Å². The fourth-order valence-electron chi connectivity index (χ4n) is 3.20. The molecule has 1 aromatic heterocycles.